The van der Waals surface area contributed by atoms with Crippen molar-refractivity contribution in [1.29, 1.82) is 0 Å². The van der Waals surface area contributed by atoms with Crippen LogP contribution in [0, 0.1) is 23.2 Å². The third-order valence-corrected chi connectivity index (χ3v) is 10.7. The number of Topliss-reactive ketones (excluding diaryl/α,β-unsaturated/α-hetero) is 2. The summed E-state index contributed by atoms with van der Waals surface area (Å²) in [6, 6.07) is 0. The van der Waals surface area contributed by atoms with Crippen molar-refractivity contribution in [2.45, 2.75) is 101 Å². The van der Waals surface area contributed by atoms with Crippen molar-refractivity contribution >= 4 is 23.5 Å². The van der Waals surface area contributed by atoms with Crippen LogP contribution in [0.4, 0.5) is 0 Å². The predicted molar refractivity (Wildman–Crippen MR) is 139 cm³/mol. The van der Waals surface area contributed by atoms with Gasteiger partial charge in [0.15, 0.2) is 11.9 Å². The monoisotopic (exact) mass is 574 g/mol. The number of aliphatic hydroxyl groups is 2. The lowest BCUT2D eigenvalue weighted by Gasteiger charge is -2.40. The normalized spacial score (nSPS) is 48.5. The van der Waals surface area contributed by atoms with Crippen molar-refractivity contribution in [3.8, 4) is 0 Å². The molecule has 2 N–H and O–H groups in total. The van der Waals surface area contributed by atoms with E-state index in [4.69, 9.17) is 23.7 Å². The van der Waals surface area contributed by atoms with Gasteiger partial charge >= 0.3 is 11.9 Å². The molecule has 0 aromatic carbocycles. The van der Waals surface area contributed by atoms with Crippen molar-refractivity contribution < 1.29 is 53.1 Å². The molecular formula is C30H38O11. The van der Waals surface area contributed by atoms with Crippen LogP contribution in [-0.4, -0.2) is 82.2 Å². The van der Waals surface area contributed by atoms with Crippen molar-refractivity contribution in [3.63, 3.8) is 0 Å². The fraction of sp³-hybridized carbons (Fsp3) is 0.733. The highest BCUT2D eigenvalue weighted by atomic mass is 16.7. The zero-order chi connectivity index (χ0) is 29.8. The topological polar surface area (TPSA) is 155 Å². The van der Waals surface area contributed by atoms with E-state index in [1.54, 1.807) is 39.8 Å². The molecule has 11 nitrogen and oxygen atoms in total. The number of carbonyl (C=O) groups is 4. The summed E-state index contributed by atoms with van der Waals surface area (Å²) in [5.74, 6) is -4.72. The number of hydrogen-bond acceptors (Lipinski definition) is 11. The van der Waals surface area contributed by atoms with E-state index in [0.29, 0.717) is 37.0 Å². The minimum absolute atomic E-state index is 0.00170. The Bertz CT molecular complexity index is 1290. The molecule has 0 unspecified atom stereocenters. The lowest BCUT2D eigenvalue weighted by molar-refractivity contribution is -0.247. The first-order valence-electron chi connectivity index (χ1n) is 14.3. The number of rotatable bonds is 5. The second kappa shape index (κ2) is 9.03. The van der Waals surface area contributed by atoms with Crippen LogP contribution < -0.4 is 0 Å². The van der Waals surface area contributed by atoms with Crippen LogP contribution in [0.3, 0.4) is 0 Å². The van der Waals surface area contributed by atoms with Crippen LogP contribution in [-0.2, 0) is 42.9 Å². The third-order valence-electron chi connectivity index (χ3n) is 10.7. The van der Waals surface area contributed by atoms with E-state index in [9.17, 15) is 29.4 Å². The molecule has 1 aliphatic carbocycles. The Labute approximate surface area is 238 Å². The molecule has 0 aromatic heterocycles. The number of hydrogen-bond donors (Lipinski definition) is 2. The standard InChI is InChI=1S/C30H38O11/c1-15(10-17-11-16(2)24(35)38-17)21(33)26(3)8-9-28-13-29-19(7-6-18(28)22(34)30(12-26,37-5)41-28)27(4,14-31)39-23(29)20(32)25(36)40-29/h10-11,15,18-20,23,31-32H,6-9,12-14H2,1-5H3/b17-10-/t15-,18-,19-,20+,23+,26-,27-,28-,29+,30+/m0/s1. The van der Waals surface area contributed by atoms with Gasteiger partial charge in [0.05, 0.1) is 23.7 Å². The molecule has 6 rings (SSSR count). The number of ether oxygens (including phenoxy) is 5. The molecule has 1 saturated carbocycles. The number of ketones is 2. The summed E-state index contributed by atoms with van der Waals surface area (Å²) >= 11 is 0. The lowest BCUT2D eigenvalue weighted by Crippen LogP contribution is -2.52. The molecule has 224 valence electrons. The molecule has 0 radical (unpaired) electrons. The number of methoxy groups -OCH3 is 1. The van der Waals surface area contributed by atoms with Crippen molar-refractivity contribution in [2.75, 3.05) is 13.7 Å². The average molecular weight is 575 g/mol. The van der Waals surface area contributed by atoms with E-state index >= 15 is 0 Å². The minimum Gasteiger partial charge on any atom is -0.454 e. The second-order valence-electron chi connectivity index (χ2n) is 13.4. The summed E-state index contributed by atoms with van der Waals surface area (Å²) in [5, 5.41) is 21.0. The van der Waals surface area contributed by atoms with Crippen molar-refractivity contribution in [3.05, 3.63) is 23.5 Å². The zero-order valence-corrected chi connectivity index (χ0v) is 24.1. The Morgan fingerprint density at radius 3 is 2.56 bits per heavy atom. The van der Waals surface area contributed by atoms with Gasteiger partial charge in [0.25, 0.3) is 0 Å². The van der Waals surface area contributed by atoms with Gasteiger partial charge in [-0.05, 0) is 51.7 Å². The molecule has 11 heteroatoms. The van der Waals surface area contributed by atoms with Gasteiger partial charge < -0.3 is 33.9 Å². The van der Waals surface area contributed by atoms with Crippen LogP contribution in [0.1, 0.15) is 66.2 Å². The first-order valence-corrected chi connectivity index (χ1v) is 14.3. The number of esters is 2. The van der Waals surface area contributed by atoms with E-state index in [1.165, 1.54) is 7.11 Å². The fourth-order valence-corrected chi connectivity index (χ4v) is 8.68. The van der Waals surface area contributed by atoms with Gasteiger partial charge in [-0.25, -0.2) is 9.59 Å². The number of allylic oxidation sites excluding steroid dienone is 2. The van der Waals surface area contributed by atoms with E-state index < -0.39 is 69.9 Å². The van der Waals surface area contributed by atoms with Gasteiger partial charge in [-0.3, -0.25) is 9.59 Å². The van der Waals surface area contributed by atoms with Crippen molar-refractivity contribution in [2.24, 2.45) is 23.2 Å². The zero-order valence-electron chi connectivity index (χ0n) is 24.1. The maximum atomic E-state index is 14.2. The summed E-state index contributed by atoms with van der Waals surface area (Å²) in [5.41, 5.74) is -4.12. The first kappa shape index (κ1) is 28.7. The summed E-state index contributed by atoms with van der Waals surface area (Å²) in [7, 11) is 1.40. The number of cyclic esters (lactones) is 1. The summed E-state index contributed by atoms with van der Waals surface area (Å²) in [4.78, 5) is 52.7. The predicted octanol–water partition coefficient (Wildman–Crippen LogP) is 1.67. The Hall–Kier alpha value is -2.44. The quantitative estimate of drug-likeness (QED) is 0.461. The number of fused-ring (bicyclic) bond motifs is 1. The molecule has 5 heterocycles. The molecule has 2 spiro atoms. The maximum Gasteiger partial charge on any atom is 0.339 e. The van der Waals surface area contributed by atoms with Crippen LogP contribution in [0.15, 0.2) is 23.5 Å². The van der Waals surface area contributed by atoms with Gasteiger partial charge in [0.2, 0.25) is 5.79 Å². The average Bonchev–Trinajstić information content (AvgIpc) is 3.44. The summed E-state index contributed by atoms with van der Waals surface area (Å²) < 4.78 is 29.9. The molecule has 0 aromatic rings. The molecule has 4 saturated heterocycles. The van der Waals surface area contributed by atoms with E-state index in [-0.39, 0.29) is 31.0 Å². The molecule has 2 bridgehead atoms. The van der Waals surface area contributed by atoms with Crippen LogP contribution >= 0.6 is 0 Å². The smallest absolute Gasteiger partial charge is 0.339 e. The van der Waals surface area contributed by atoms with E-state index in [0.717, 1.165) is 0 Å². The Kier molecular flexibility index (Phi) is 6.31. The molecule has 6 aliphatic rings. The molecule has 0 amide bonds. The second-order valence-corrected chi connectivity index (χ2v) is 13.4. The van der Waals surface area contributed by atoms with E-state index in [2.05, 4.69) is 0 Å². The SMILES string of the molecule is CO[C@@]12C[C@@](C)(C(=O)[C@@H](C)/C=C3/C=C(C)C(=O)O3)CC[C@@]3(C[C@]45OC(=O)[C@H](O)[C@H]4O[C@@](C)(CO)[C@@H]5CC[C@H]3C1=O)O2. The van der Waals surface area contributed by atoms with E-state index in [1.807, 2.05) is 0 Å². The molecule has 5 fully saturated rings. The minimum atomic E-state index is -1.69. The Morgan fingerprint density at radius 1 is 1.20 bits per heavy atom. The Balaban J connectivity index is 1.37. The third kappa shape index (κ3) is 3.82. The molecule has 41 heavy (non-hydrogen) atoms. The summed E-state index contributed by atoms with van der Waals surface area (Å²) in [6.07, 6.45) is 2.17. The first-order chi connectivity index (χ1) is 19.2. The highest BCUT2D eigenvalue weighted by Gasteiger charge is 2.77. The van der Waals surface area contributed by atoms with Crippen LogP contribution in [0.25, 0.3) is 0 Å². The van der Waals surface area contributed by atoms with Crippen molar-refractivity contribution in [1.82, 2.24) is 0 Å². The fourth-order valence-electron chi connectivity index (χ4n) is 8.68. The number of carbonyl (C=O) groups excluding carboxylic acids is 4. The van der Waals surface area contributed by atoms with Gasteiger partial charge in [0.1, 0.15) is 23.2 Å². The van der Waals surface area contributed by atoms with Gasteiger partial charge in [0, 0.05) is 42.8 Å². The molecule has 5 aliphatic heterocycles. The number of aliphatic hydroxyl groups excluding tert-OH is 2. The largest absolute Gasteiger partial charge is 0.454 e. The highest BCUT2D eigenvalue weighted by Crippen LogP contribution is 2.64. The lowest BCUT2D eigenvalue weighted by atomic mass is 9.64. The Morgan fingerprint density at radius 2 is 1.93 bits per heavy atom. The highest BCUT2D eigenvalue weighted by molar-refractivity contribution is 5.95. The van der Waals surface area contributed by atoms with Crippen LogP contribution in [0.5, 0.6) is 0 Å². The molecular weight excluding hydrogens is 536 g/mol. The van der Waals surface area contributed by atoms with Crippen LogP contribution in [0.2, 0.25) is 0 Å². The molecule has 10 atom stereocenters. The van der Waals surface area contributed by atoms with Gasteiger partial charge in [-0.1, -0.05) is 13.8 Å². The summed E-state index contributed by atoms with van der Waals surface area (Å²) in [6.45, 7) is 6.56. The van der Waals surface area contributed by atoms with Gasteiger partial charge in [-0.2, -0.15) is 0 Å². The maximum absolute atomic E-state index is 14.2. The van der Waals surface area contributed by atoms with Gasteiger partial charge in [-0.15, -0.1) is 0 Å².